The highest BCUT2D eigenvalue weighted by Gasteiger charge is 2.47. The van der Waals surface area contributed by atoms with Crippen molar-refractivity contribution in [2.75, 3.05) is 18.6 Å². The number of carbonyl (C=O) groups excluding carboxylic acids is 2. The molecule has 3 aromatic carbocycles. The second kappa shape index (κ2) is 16.9. The van der Waals surface area contributed by atoms with Gasteiger partial charge in [0.1, 0.15) is 21.2 Å². The zero-order valence-electron chi connectivity index (χ0n) is 30.8. The fourth-order valence-corrected chi connectivity index (χ4v) is 9.22. The maximum Gasteiger partial charge on any atom is 0.344 e. The van der Waals surface area contributed by atoms with Crippen molar-refractivity contribution in [2.45, 2.75) is 90.0 Å². The average molecular weight is 751 g/mol. The van der Waals surface area contributed by atoms with Gasteiger partial charge in [-0.15, -0.1) is 0 Å². The number of halogens is 1. The van der Waals surface area contributed by atoms with Gasteiger partial charge in [0.05, 0.1) is 24.3 Å². The molecule has 1 aliphatic carbocycles. The number of hydrogen-bond acceptors (Lipinski definition) is 8. The molecule has 9 nitrogen and oxygen atoms in total. The molecule has 1 N–H and O–H groups in total. The van der Waals surface area contributed by atoms with Crippen molar-refractivity contribution in [3.63, 3.8) is 0 Å². The highest BCUT2D eigenvalue weighted by Crippen LogP contribution is 2.51. The van der Waals surface area contributed by atoms with Crippen LogP contribution in [0.3, 0.4) is 0 Å². The van der Waals surface area contributed by atoms with Crippen molar-refractivity contribution in [1.29, 1.82) is 0 Å². The van der Waals surface area contributed by atoms with Crippen LogP contribution >= 0.6 is 11.6 Å². The molecule has 0 bridgehead atoms. The molecule has 0 saturated heterocycles. The second-order valence-corrected chi connectivity index (χ2v) is 17.6. The molecule has 2 aliphatic rings. The molecule has 1 fully saturated rings. The van der Waals surface area contributed by atoms with Crippen molar-refractivity contribution >= 4 is 39.0 Å². The lowest BCUT2D eigenvalue weighted by molar-refractivity contribution is -0.157. The van der Waals surface area contributed by atoms with Gasteiger partial charge in [-0.25, -0.2) is 18.7 Å². The molecule has 0 radical (unpaired) electrons. The van der Waals surface area contributed by atoms with E-state index in [0.29, 0.717) is 10.8 Å². The predicted molar refractivity (Wildman–Crippen MR) is 204 cm³/mol. The fraction of sp³-hybridized carbons (Fsp3) is 0.463. The lowest BCUT2D eigenvalue weighted by Gasteiger charge is -2.52. The number of esters is 1. The third-order valence-electron chi connectivity index (χ3n) is 9.90. The molecule has 1 unspecified atom stereocenters. The van der Waals surface area contributed by atoms with Gasteiger partial charge < -0.3 is 14.4 Å². The maximum absolute atomic E-state index is 14.5. The van der Waals surface area contributed by atoms with Crippen LogP contribution in [0.4, 0.5) is 0 Å². The molecule has 280 valence electrons. The smallest absolute Gasteiger partial charge is 0.344 e. The second-order valence-electron chi connectivity index (χ2n) is 15.0. The SMILES string of the molecule is C=C1c2ccccc2[C@@H](C(=O)NOCc2cccc(OCC(=O)OC(C)(C)C)c2)[C@H](c2ccc(Cl)cc2)N1[C@H]1CCCC[C@@H]1C(CC)CS(C)(=O)=O. The molecule has 3 aromatic rings. The summed E-state index contributed by atoms with van der Waals surface area (Å²) in [7, 11) is -3.21. The average Bonchev–Trinajstić information content (AvgIpc) is 3.09. The molecule has 11 heteroatoms. The Hall–Kier alpha value is -3.86. The van der Waals surface area contributed by atoms with Crippen molar-refractivity contribution in [3.8, 4) is 5.75 Å². The van der Waals surface area contributed by atoms with Crippen LogP contribution < -0.4 is 10.2 Å². The van der Waals surface area contributed by atoms with E-state index >= 15 is 0 Å². The summed E-state index contributed by atoms with van der Waals surface area (Å²) in [6.45, 7) is 11.9. The van der Waals surface area contributed by atoms with Crippen molar-refractivity contribution < 1.29 is 32.3 Å². The van der Waals surface area contributed by atoms with Gasteiger partial charge in [0.25, 0.3) is 5.91 Å². The van der Waals surface area contributed by atoms with E-state index in [2.05, 4.69) is 23.9 Å². The van der Waals surface area contributed by atoms with Gasteiger partial charge in [0.2, 0.25) is 0 Å². The third kappa shape index (κ3) is 9.96. The third-order valence-corrected chi connectivity index (χ3v) is 11.2. The normalized spacial score (nSPS) is 21.2. The number of ether oxygens (including phenoxy) is 2. The first-order valence-electron chi connectivity index (χ1n) is 18.0. The number of hydroxylamine groups is 1. The monoisotopic (exact) mass is 750 g/mol. The summed E-state index contributed by atoms with van der Waals surface area (Å²) in [4.78, 5) is 34.8. The van der Waals surface area contributed by atoms with Crippen molar-refractivity contribution in [1.82, 2.24) is 10.4 Å². The van der Waals surface area contributed by atoms with E-state index in [-0.39, 0.29) is 42.8 Å². The minimum Gasteiger partial charge on any atom is -0.482 e. The first-order chi connectivity index (χ1) is 24.6. The number of nitrogens with zero attached hydrogens (tertiary/aromatic N) is 1. The molecule has 52 heavy (non-hydrogen) atoms. The van der Waals surface area contributed by atoms with E-state index in [0.717, 1.165) is 60.1 Å². The van der Waals surface area contributed by atoms with Gasteiger partial charge >= 0.3 is 5.97 Å². The molecule has 1 heterocycles. The number of amides is 1. The molecule has 0 aromatic heterocycles. The lowest BCUT2D eigenvalue weighted by atomic mass is 9.71. The van der Waals surface area contributed by atoms with Crippen molar-refractivity contribution in [3.05, 3.63) is 107 Å². The van der Waals surface area contributed by atoms with Crippen LogP contribution in [-0.4, -0.2) is 55.5 Å². The Balaban J connectivity index is 1.43. The lowest BCUT2D eigenvalue weighted by Crippen LogP contribution is -2.51. The van der Waals surface area contributed by atoms with Gasteiger partial charge in [0.15, 0.2) is 6.61 Å². The van der Waals surface area contributed by atoms with Gasteiger partial charge in [0, 0.05) is 28.6 Å². The Kier molecular flexibility index (Phi) is 12.8. The summed E-state index contributed by atoms with van der Waals surface area (Å²) in [6, 6.07) is 22.0. The molecular weight excluding hydrogens is 700 g/mol. The van der Waals surface area contributed by atoms with Crippen LogP contribution in [0.5, 0.6) is 5.75 Å². The summed E-state index contributed by atoms with van der Waals surface area (Å²) in [5.74, 6) is -0.827. The number of benzene rings is 3. The van der Waals surface area contributed by atoms with Crippen LogP contribution in [0.1, 0.15) is 94.0 Å². The van der Waals surface area contributed by atoms with Gasteiger partial charge in [-0.1, -0.05) is 92.9 Å². The zero-order chi connectivity index (χ0) is 37.6. The molecule has 5 rings (SSSR count). The van der Waals surface area contributed by atoms with Crippen LogP contribution in [-0.2, 0) is 35.6 Å². The summed E-state index contributed by atoms with van der Waals surface area (Å²) in [5, 5.41) is 0.585. The highest BCUT2D eigenvalue weighted by atomic mass is 35.5. The minimum atomic E-state index is -3.21. The van der Waals surface area contributed by atoms with Crippen LogP contribution in [0, 0.1) is 11.8 Å². The Morgan fingerprint density at radius 1 is 1.02 bits per heavy atom. The number of fused-ring (bicyclic) bond motifs is 1. The number of nitrogens with one attached hydrogen (secondary N) is 1. The van der Waals surface area contributed by atoms with Crippen molar-refractivity contribution in [2.24, 2.45) is 11.8 Å². The highest BCUT2D eigenvalue weighted by molar-refractivity contribution is 7.90. The Morgan fingerprint density at radius 2 is 1.73 bits per heavy atom. The molecule has 1 aliphatic heterocycles. The van der Waals surface area contributed by atoms with E-state index in [9.17, 15) is 18.0 Å². The van der Waals surface area contributed by atoms with E-state index in [1.807, 2.05) is 54.6 Å². The van der Waals surface area contributed by atoms with Gasteiger partial charge in [-0.05, 0) is 86.4 Å². The molecule has 0 spiro atoms. The number of hydrogen-bond donors (Lipinski definition) is 1. The first-order valence-corrected chi connectivity index (χ1v) is 20.4. The Bertz CT molecular complexity index is 1840. The summed E-state index contributed by atoms with van der Waals surface area (Å²) < 4.78 is 36.2. The molecular formula is C41H51ClN2O7S. The standard InChI is InChI=1S/C41H51ClN2O7S/c1-7-29(26-52(6,47)48)34-16-10-11-18-36(34)44-27(2)33-15-8-9-17-35(33)38(39(44)30-19-21-31(42)22-20-30)40(46)43-50-24-28-13-12-14-32(23-28)49-25-37(45)51-41(3,4)5/h8-9,12-15,17,19-23,29,34,36,38-39H,2,7,10-11,16,18,24-26H2,1,3-6H3,(H,43,46)/t29?,34-,36+,38-,39+/m1/s1. The zero-order valence-corrected chi connectivity index (χ0v) is 32.3. The van der Waals surface area contributed by atoms with Crippen LogP contribution in [0.25, 0.3) is 5.70 Å². The van der Waals surface area contributed by atoms with Gasteiger partial charge in [-0.3, -0.25) is 9.63 Å². The minimum absolute atomic E-state index is 0.0318. The first kappa shape index (κ1) is 39.3. The molecule has 5 atom stereocenters. The summed E-state index contributed by atoms with van der Waals surface area (Å²) in [5.41, 5.74) is 6.29. The Labute approximate surface area is 313 Å². The van der Waals surface area contributed by atoms with Crippen LogP contribution in [0.2, 0.25) is 5.02 Å². The molecule has 1 saturated carbocycles. The summed E-state index contributed by atoms with van der Waals surface area (Å²) in [6.07, 6.45) is 5.83. The quantitative estimate of drug-likeness (QED) is 0.138. The van der Waals surface area contributed by atoms with Crippen LogP contribution in [0.15, 0.2) is 79.4 Å². The molecule has 1 amide bonds. The van der Waals surface area contributed by atoms with E-state index < -0.39 is 33.4 Å². The number of rotatable bonds is 13. The predicted octanol–water partition coefficient (Wildman–Crippen LogP) is 8.05. The van der Waals surface area contributed by atoms with E-state index in [1.165, 1.54) is 6.26 Å². The summed E-state index contributed by atoms with van der Waals surface area (Å²) >= 11 is 6.37. The van der Waals surface area contributed by atoms with E-state index in [4.69, 9.17) is 25.9 Å². The number of carbonyl (C=O) groups is 2. The Morgan fingerprint density at radius 3 is 2.42 bits per heavy atom. The largest absolute Gasteiger partial charge is 0.482 e. The topological polar surface area (TPSA) is 111 Å². The van der Waals surface area contributed by atoms with Gasteiger partial charge in [-0.2, -0.15) is 0 Å². The van der Waals surface area contributed by atoms with E-state index in [1.54, 1.807) is 39.0 Å². The number of sulfone groups is 1. The fourth-order valence-electron chi connectivity index (χ4n) is 7.83. The maximum atomic E-state index is 14.5.